The van der Waals surface area contributed by atoms with Gasteiger partial charge in [-0.05, 0) is 24.8 Å². The summed E-state index contributed by atoms with van der Waals surface area (Å²) in [5, 5.41) is 30.7. The van der Waals surface area contributed by atoms with Gasteiger partial charge in [0.15, 0.2) is 10.8 Å². The van der Waals surface area contributed by atoms with Crippen LogP contribution < -0.4 is 27.2 Å². The van der Waals surface area contributed by atoms with E-state index in [1.165, 1.54) is 6.20 Å². The number of ketones is 1. The molecule has 3 aromatic heterocycles. The summed E-state index contributed by atoms with van der Waals surface area (Å²) in [5.74, 6) is -8.30. The highest BCUT2D eigenvalue weighted by Crippen LogP contribution is 2.24. The van der Waals surface area contributed by atoms with Crippen molar-refractivity contribution in [2.45, 2.75) is 37.8 Å². The molecule has 0 spiro atoms. The maximum Gasteiger partial charge on any atom is 0.320 e. The number of aromatic amines is 2. The SMILES string of the molecule is CN(CCc1c[nH]c2nc(N)[nH]c(=O)c12)c1cnc(C(=O)N[C@@H](CCC(=O)O)C(=O)C(C[C@H](N)C(=O)O)C(=O)O)s1. The third kappa shape index (κ3) is 7.63. The number of aliphatic carboxylic acids is 3. The molecule has 0 saturated carbocycles. The van der Waals surface area contributed by atoms with Crippen LogP contribution in [-0.4, -0.2) is 90.5 Å². The average Bonchev–Trinajstić information content (AvgIpc) is 3.55. The Morgan fingerprint density at radius 3 is 2.51 bits per heavy atom. The number of carbonyl (C=O) groups is 5. The molecule has 18 heteroatoms. The van der Waals surface area contributed by atoms with E-state index >= 15 is 0 Å². The van der Waals surface area contributed by atoms with Gasteiger partial charge in [0, 0.05) is 26.2 Å². The quantitative estimate of drug-likeness (QED) is 0.0983. The minimum Gasteiger partial charge on any atom is -0.481 e. The zero-order chi connectivity index (χ0) is 30.4. The van der Waals surface area contributed by atoms with Gasteiger partial charge in [0.2, 0.25) is 5.95 Å². The number of nitrogens with one attached hydrogen (secondary N) is 3. The summed E-state index contributed by atoms with van der Waals surface area (Å²) in [6, 6.07) is -3.21. The number of Topliss-reactive ketones (excluding diaryl/α,β-unsaturated/α-hetero) is 1. The number of hydrogen-bond acceptors (Lipinski definition) is 12. The summed E-state index contributed by atoms with van der Waals surface area (Å²) in [7, 11) is 1.73. The number of fused-ring (bicyclic) bond motifs is 1. The number of nitrogens with zero attached hydrogens (tertiary/aromatic N) is 3. The largest absolute Gasteiger partial charge is 0.481 e. The number of H-pyrrole nitrogens is 2. The number of likely N-dealkylation sites (N-methyl/N-ethyl adjacent to an activating group) is 1. The van der Waals surface area contributed by atoms with E-state index in [2.05, 4.69) is 25.3 Å². The highest BCUT2D eigenvalue weighted by molar-refractivity contribution is 7.17. The van der Waals surface area contributed by atoms with Crippen LogP contribution in [0, 0.1) is 5.92 Å². The molecule has 1 unspecified atom stereocenters. The van der Waals surface area contributed by atoms with Crippen molar-refractivity contribution >= 4 is 62.9 Å². The second kappa shape index (κ2) is 13.0. The first-order valence-corrected chi connectivity index (χ1v) is 12.9. The van der Waals surface area contributed by atoms with Crippen LogP contribution in [0.25, 0.3) is 11.0 Å². The Kier molecular flexibility index (Phi) is 9.74. The smallest absolute Gasteiger partial charge is 0.320 e. The van der Waals surface area contributed by atoms with E-state index in [0.29, 0.717) is 34.6 Å². The van der Waals surface area contributed by atoms with Crippen LogP contribution in [0.4, 0.5) is 10.9 Å². The molecule has 3 aromatic rings. The Morgan fingerprint density at radius 1 is 1.17 bits per heavy atom. The van der Waals surface area contributed by atoms with Crippen LogP contribution in [-0.2, 0) is 25.6 Å². The Bertz CT molecular complexity index is 1530. The van der Waals surface area contributed by atoms with Gasteiger partial charge in [-0.3, -0.25) is 33.8 Å². The molecule has 3 atom stereocenters. The van der Waals surface area contributed by atoms with Gasteiger partial charge < -0.3 is 42.0 Å². The Morgan fingerprint density at radius 2 is 1.88 bits per heavy atom. The molecule has 10 N–H and O–H groups in total. The van der Waals surface area contributed by atoms with Gasteiger partial charge in [0.05, 0.1) is 17.6 Å². The van der Waals surface area contributed by atoms with Crippen molar-refractivity contribution in [1.29, 1.82) is 0 Å². The number of anilines is 2. The monoisotopic (exact) mass is 592 g/mol. The number of nitrogen functional groups attached to an aromatic ring is 1. The van der Waals surface area contributed by atoms with Crippen molar-refractivity contribution in [2.24, 2.45) is 11.7 Å². The maximum absolute atomic E-state index is 13.0. The van der Waals surface area contributed by atoms with Gasteiger partial charge in [0.25, 0.3) is 11.5 Å². The minimum atomic E-state index is -1.89. The lowest BCUT2D eigenvalue weighted by atomic mass is 9.89. The van der Waals surface area contributed by atoms with E-state index in [1.807, 2.05) is 0 Å². The molecule has 17 nitrogen and oxygen atoms in total. The van der Waals surface area contributed by atoms with Crippen LogP contribution in [0.1, 0.15) is 34.6 Å². The molecule has 3 rings (SSSR count). The number of carboxylic acids is 3. The van der Waals surface area contributed by atoms with E-state index in [0.717, 1.165) is 11.3 Å². The van der Waals surface area contributed by atoms with E-state index in [-0.39, 0.29) is 16.5 Å². The van der Waals surface area contributed by atoms with Crippen molar-refractivity contribution in [2.75, 3.05) is 24.2 Å². The van der Waals surface area contributed by atoms with Crippen molar-refractivity contribution in [1.82, 2.24) is 25.3 Å². The van der Waals surface area contributed by atoms with Gasteiger partial charge in [-0.2, -0.15) is 4.98 Å². The van der Waals surface area contributed by atoms with Gasteiger partial charge >= 0.3 is 17.9 Å². The lowest BCUT2D eigenvalue weighted by molar-refractivity contribution is -0.148. The topological polar surface area (TPSA) is 288 Å². The summed E-state index contributed by atoms with van der Waals surface area (Å²) in [5.41, 5.74) is 11.6. The molecule has 0 aliphatic heterocycles. The second-order valence-corrected chi connectivity index (χ2v) is 10.1. The highest BCUT2D eigenvalue weighted by atomic mass is 32.1. The molecular weight excluding hydrogens is 564 g/mol. The molecule has 0 aliphatic carbocycles. The summed E-state index contributed by atoms with van der Waals surface area (Å²) in [6.45, 7) is 0.407. The molecule has 3 heterocycles. The fourth-order valence-electron chi connectivity index (χ4n) is 3.97. The van der Waals surface area contributed by atoms with Crippen molar-refractivity contribution in [3.63, 3.8) is 0 Å². The van der Waals surface area contributed by atoms with Crippen molar-refractivity contribution in [3.8, 4) is 0 Å². The number of nitrogens with two attached hydrogens (primary N) is 2. The second-order valence-electron chi connectivity index (χ2n) is 9.10. The molecule has 0 aliphatic rings. The molecule has 0 saturated heterocycles. The zero-order valence-electron chi connectivity index (χ0n) is 21.6. The maximum atomic E-state index is 13.0. The van der Waals surface area contributed by atoms with E-state index in [9.17, 15) is 33.9 Å². The third-order valence-corrected chi connectivity index (χ3v) is 7.28. The normalized spacial score (nSPS) is 13.3. The fraction of sp³-hybridized carbons (Fsp3) is 0.391. The number of carboxylic acid groups (broad SMARTS) is 3. The van der Waals surface area contributed by atoms with Gasteiger partial charge in [0.1, 0.15) is 22.6 Å². The van der Waals surface area contributed by atoms with Crippen LogP contribution >= 0.6 is 11.3 Å². The van der Waals surface area contributed by atoms with Gasteiger partial charge in [-0.1, -0.05) is 11.3 Å². The fourth-order valence-corrected chi connectivity index (χ4v) is 4.78. The third-order valence-electron chi connectivity index (χ3n) is 6.17. The first-order valence-electron chi connectivity index (χ1n) is 12.1. The molecule has 0 bridgehead atoms. The first-order chi connectivity index (χ1) is 19.3. The van der Waals surface area contributed by atoms with Gasteiger partial charge in [-0.25, -0.2) is 4.98 Å². The molecule has 220 valence electrons. The number of thiazole rings is 1. The summed E-state index contributed by atoms with van der Waals surface area (Å²) >= 11 is 0.959. The number of amides is 1. The molecule has 0 fully saturated rings. The molecule has 1 amide bonds. The lowest BCUT2D eigenvalue weighted by Gasteiger charge is -2.21. The van der Waals surface area contributed by atoms with Crippen LogP contribution in [0.15, 0.2) is 17.2 Å². The summed E-state index contributed by atoms with van der Waals surface area (Å²) < 4.78 is 0. The van der Waals surface area contributed by atoms with E-state index in [1.54, 1.807) is 18.1 Å². The van der Waals surface area contributed by atoms with Crippen molar-refractivity contribution in [3.05, 3.63) is 33.3 Å². The van der Waals surface area contributed by atoms with Crippen molar-refractivity contribution < 1.29 is 39.3 Å². The average molecular weight is 593 g/mol. The van der Waals surface area contributed by atoms with E-state index in [4.69, 9.17) is 21.7 Å². The summed E-state index contributed by atoms with van der Waals surface area (Å²) in [4.78, 5) is 87.2. The first kappa shape index (κ1) is 30.7. The molecule has 0 aromatic carbocycles. The number of carbonyl (C=O) groups excluding carboxylic acids is 2. The number of rotatable bonds is 15. The summed E-state index contributed by atoms with van der Waals surface area (Å²) in [6.07, 6.45) is 1.72. The Balaban J connectivity index is 1.71. The zero-order valence-corrected chi connectivity index (χ0v) is 22.4. The van der Waals surface area contributed by atoms with Crippen LogP contribution in [0.3, 0.4) is 0 Å². The number of aromatic nitrogens is 4. The predicted octanol–water partition coefficient (Wildman–Crippen LogP) is -0.996. The van der Waals surface area contributed by atoms with E-state index < -0.39 is 66.9 Å². The minimum absolute atomic E-state index is 0.0160. The van der Waals surface area contributed by atoms with Crippen LogP contribution in [0.2, 0.25) is 0 Å². The molecule has 41 heavy (non-hydrogen) atoms. The molecule has 0 radical (unpaired) electrons. The Hall–Kier alpha value is -4.84. The number of hydrogen-bond donors (Lipinski definition) is 8. The standard InChI is InChI=1S/C23H28N8O9S/c1-31(5-4-9-7-26-17-15(9)18(35)30-23(25)29-17)13-8-27-20(41-13)19(36)28-12(2-3-14(32)33)16(34)10(21(37)38)6-11(24)22(39)40/h7-8,10-12H,2-6,24H2,1H3,(H,28,36)(H,32,33)(H,37,38)(H,39,40)(H4,25,26,29,30,35)/t10?,11-,12-/m0/s1. The Labute approximate surface area is 234 Å². The molecular formula is C23H28N8O9S. The predicted molar refractivity (Wildman–Crippen MR) is 145 cm³/mol. The van der Waals surface area contributed by atoms with Crippen LogP contribution in [0.5, 0.6) is 0 Å². The van der Waals surface area contributed by atoms with Gasteiger partial charge in [-0.15, -0.1) is 0 Å². The highest BCUT2D eigenvalue weighted by Gasteiger charge is 2.36. The lowest BCUT2D eigenvalue weighted by Crippen LogP contribution is -2.47.